The van der Waals surface area contributed by atoms with E-state index in [4.69, 9.17) is 9.26 Å². The van der Waals surface area contributed by atoms with Gasteiger partial charge in [0, 0.05) is 11.4 Å². The molecule has 0 fully saturated rings. The fraction of sp³-hybridized carbons (Fsp3) is 0.412. The second-order valence-corrected chi connectivity index (χ2v) is 7.72. The lowest BCUT2D eigenvalue weighted by molar-refractivity contribution is 0.280. The molecule has 0 spiro atoms. The van der Waals surface area contributed by atoms with Gasteiger partial charge in [-0.05, 0) is 23.7 Å². The number of aromatic nitrogens is 3. The van der Waals surface area contributed by atoms with Gasteiger partial charge < -0.3 is 14.6 Å². The molecular formula is C17H22N6O2S. The molecule has 0 atom stereocenters. The first kappa shape index (κ1) is 18.3. The quantitative estimate of drug-likeness (QED) is 0.373. The van der Waals surface area contributed by atoms with Gasteiger partial charge in [0.1, 0.15) is 17.8 Å². The van der Waals surface area contributed by atoms with Gasteiger partial charge in [0.25, 0.3) is 5.88 Å². The molecule has 138 valence electrons. The van der Waals surface area contributed by atoms with Gasteiger partial charge in [-0.3, -0.25) is 5.43 Å². The van der Waals surface area contributed by atoms with E-state index in [0.717, 1.165) is 16.8 Å². The molecule has 3 heterocycles. The van der Waals surface area contributed by atoms with Crippen LogP contribution in [0.15, 0.2) is 28.1 Å². The Balaban J connectivity index is 1.69. The summed E-state index contributed by atoms with van der Waals surface area (Å²) >= 11 is 1.67. The van der Waals surface area contributed by atoms with Crippen LogP contribution >= 0.6 is 11.3 Å². The highest BCUT2D eigenvalue weighted by Crippen LogP contribution is 2.35. The second kappa shape index (κ2) is 7.79. The Bertz CT molecular complexity index is 896. The van der Waals surface area contributed by atoms with Crippen LogP contribution in [0.25, 0.3) is 10.2 Å². The highest BCUT2D eigenvalue weighted by Gasteiger charge is 2.18. The lowest BCUT2D eigenvalue weighted by atomic mass is 9.94. The molecule has 26 heavy (non-hydrogen) atoms. The zero-order valence-corrected chi connectivity index (χ0v) is 16.1. The molecule has 0 bridgehead atoms. The monoisotopic (exact) mass is 374 g/mol. The van der Waals surface area contributed by atoms with Gasteiger partial charge >= 0.3 is 0 Å². The molecule has 0 aliphatic rings. The van der Waals surface area contributed by atoms with Crippen molar-refractivity contribution in [1.82, 2.24) is 20.4 Å². The van der Waals surface area contributed by atoms with Crippen LogP contribution in [-0.2, 0) is 5.41 Å². The molecule has 9 heteroatoms. The Kier molecular flexibility index (Phi) is 5.48. The largest absolute Gasteiger partial charge is 0.474 e. The van der Waals surface area contributed by atoms with Crippen LogP contribution in [0.2, 0.25) is 0 Å². The standard InChI is InChI=1S/C17H22N6O2S/c1-17(2,3)13-8-12-15(19-10-20-16(12)26-13)22-21-9-11-7-14(23-25-11)24-6-5-18-4/h7-10,18H,5-6H2,1-4H3,(H,19,20,22). The van der Waals surface area contributed by atoms with E-state index in [1.807, 2.05) is 7.05 Å². The van der Waals surface area contributed by atoms with Crippen molar-refractivity contribution in [1.29, 1.82) is 0 Å². The number of nitrogens with one attached hydrogen (secondary N) is 2. The van der Waals surface area contributed by atoms with Gasteiger partial charge in [0.15, 0.2) is 11.6 Å². The summed E-state index contributed by atoms with van der Waals surface area (Å²) in [5, 5.41) is 12.0. The van der Waals surface area contributed by atoms with Crippen LogP contribution < -0.4 is 15.5 Å². The Labute approximate surface area is 155 Å². The lowest BCUT2D eigenvalue weighted by Crippen LogP contribution is -2.15. The molecule has 3 aromatic heterocycles. The number of likely N-dealkylation sites (N-methyl/N-ethyl adjacent to an activating group) is 1. The first-order valence-corrected chi connectivity index (χ1v) is 9.07. The molecule has 3 aromatic rings. The molecule has 0 unspecified atom stereocenters. The Morgan fingerprint density at radius 3 is 2.92 bits per heavy atom. The van der Waals surface area contributed by atoms with E-state index < -0.39 is 0 Å². The third kappa shape index (κ3) is 4.36. The van der Waals surface area contributed by atoms with Crippen molar-refractivity contribution in [2.45, 2.75) is 26.2 Å². The zero-order valence-electron chi connectivity index (χ0n) is 15.2. The van der Waals surface area contributed by atoms with Crippen LogP contribution in [0, 0.1) is 0 Å². The molecule has 0 aliphatic carbocycles. The fourth-order valence-corrected chi connectivity index (χ4v) is 3.19. The van der Waals surface area contributed by atoms with Gasteiger partial charge in [-0.25, -0.2) is 9.97 Å². The maximum atomic E-state index is 5.42. The lowest BCUT2D eigenvalue weighted by Gasteiger charge is -2.14. The van der Waals surface area contributed by atoms with Crippen LogP contribution in [0.1, 0.15) is 31.4 Å². The van der Waals surface area contributed by atoms with E-state index in [0.29, 0.717) is 24.1 Å². The number of hydrazone groups is 1. The smallest absolute Gasteiger partial charge is 0.254 e. The number of thiophene rings is 1. The van der Waals surface area contributed by atoms with E-state index in [2.05, 4.69) is 57.8 Å². The van der Waals surface area contributed by atoms with Gasteiger partial charge in [-0.15, -0.1) is 11.3 Å². The van der Waals surface area contributed by atoms with Crippen LogP contribution in [0.3, 0.4) is 0 Å². The third-order valence-corrected chi connectivity index (χ3v) is 5.01. The molecule has 8 nitrogen and oxygen atoms in total. The van der Waals surface area contributed by atoms with Crippen molar-refractivity contribution >= 4 is 33.6 Å². The molecule has 3 rings (SSSR count). The van der Waals surface area contributed by atoms with Gasteiger partial charge in [-0.1, -0.05) is 20.8 Å². The topological polar surface area (TPSA) is 97.5 Å². The SMILES string of the molecule is CNCCOc1cc(C=NNc2ncnc3sc(C(C)(C)C)cc23)on1. The first-order valence-electron chi connectivity index (χ1n) is 8.25. The number of ether oxygens (including phenoxy) is 1. The van der Waals surface area contributed by atoms with Crippen LogP contribution in [-0.4, -0.2) is 41.5 Å². The van der Waals surface area contributed by atoms with Crippen molar-refractivity contribution in [2.75, 3.05) is 25.6 Å². The molecule has 0 aromatic carbocycles. The fourth-order valence-electron chi connectivity index (χ4n) is 2.13. The number of anilines is 1. The summed E-state index contributed by atoms with van der Waals surface area (Å²) < 4.78 is 10.6. The van der Waals surface area contributed by atoms with Crippen molar-refractivity contribution in [2.24, 2.45) is 5.10 Å². The number of hydrogen-bond acceptors (Lipinski definition) is 9. The second-order valence-electron chi connectivity index (χ2n) is 6.69. The predicted octanol–water partition coefficient (Wildman–Crippen LogP) is 3.02. The summed E-state index contributed by atoms with van der Waals surface area (Å²) in [6.45, 7) is 7.79. The Hall–Kier alpha value is -2.52. The van der Waals surface area contributed by atoms with Crippen LogP contribution in [0.4, 0.5) is 5.82 Å². The molecule has 0 radical (unpaired) electrons. The summed E-state index contributed by atoms with van der Waals surface area (Å²) in [5.74, 6) is 1.57. The molecule has 0 saturated carbocycles. The minimum atomic E-state index is 0.0649. The van der Waals surface area contributed by atoms with E-state index in [1.54, 1.807) is 17.4 Å². The third-order valence-electron chi connectivity index (χ3n) is 3.54. The zero-order chi connectivity index (χ0) is 18.6. The van der Waals surface area contributed by atoms with Crippen LogP contribution in [0.5, 0.6) is 5.88 Å². The number of rotatable bonds is 7. The molecule has 0 saturated heterocycles. The van der Waals surface area contributed by atoms with Gasteiger partial charge in [-0.2, -0.15) is 5.10 Å². The Morgan fingerprint density at radius 1 is 1.31 bits per heavy atom. The number of fused-ring (bicyclic) bond motifs is 1. The Morgan fingerprint density at radius 2 is 2.15 bits per heavy atom. The minimum absolute atomic E-state index is 0.0649. The minimum Gasteiger partial charge on any atom is -0.474 e. The molecule has 0 aliphatic heterocycles. The van der Waals surface area contributed by atoms with E-state index in [1.165, 1.54) is 17.4 Å². The van der Waals surface area contributed by atoms with Crippen molar-refractivity contribution < 1.29 is 9.26 Å². The molecule has 0 amide bonds. The summed E-state index contributed by atoms with van der Waals surface area (Å²) in [6, 6.07) is 3.79. The van der Waals surface area contributed by atoms with Crippen molar-refractivity contribution in [3.05, 3.63) is 29.1 Å². The van der Waals surface area contributed by atoms with Gasteiger partial charge in [0.05, 0.1) is 17.7 Å². The first-order chi connectivity index (χ1) is 12.5. The highest BCUT2D eigenvalue weighted by atomic mass is 32.1. The average molecular weight is 374 g/mol. The van der Waals surface area contributed by atoms with E-state index in [9.17, 15) is 0 Å². The summed E-state index contributed by atoms with van der Waals surface area (Å²) in [7, 11) is 1.86. The average Bonchev–Trinajstić information content (AvgIpc) is 3.22. The number of nitrogens with zero attached hydrogens (tertiary/aromatic N) is 4. The normalized spacial score (nSPS) is 12.2. The van der Waals surface area contributed by atoms with Crippen molar-refractivity contribution in [3.63, 3.8) is 0 Å². The van der Waals surface area contributed by atoms with E-state index >= 15 is 0 Å². The summed E-state index contributed by atoms with van der Waals surface area (Å²) in [6.07, 6.45) is 3.06. The maximum Gasteiger partial charge on any atom is 0.254 e. The maximum absolute atomic E-state index is 5.42. The van der Waals surface area contributed by atoms with Gasteiger partial charge in [0.2, 0.25) is 0 Å². The van der Waals surface area contributed by atoms with E-state index in [-0.39, 0.29) is 5.41 Å². The van der Waals surface area contributed by atoms with Crippen molar-refractivity contribution in [3.8, 4) is 5.88 Å². The predicted molar refractivity (Wildman–Crippen MR) is 103 cm³/mol. The highest BCUT2D eigenvalue weighted by molar-refractivity contribution is 7.18. The summed E-state index contributed by atoms with van der Waals surface area (Å²) in [5.41, 5.74) is 3.01. The number of hydrogen-bond donors (Lipinski definition) is 2. The summed E-state index contributed by atoms with van der Waals surface area (Å²) in [4.78, 5) is 10.8. The molecule has 2 N–H and O–H groups in total. The molecular weight excluding hydrogens is 352 g/mol.